The normalized spacial score (nSPS) is 10.5. The zero-order valence-corrected chi connectivity index (χ0v) is 7.04. The van der Waals surface area contributed by atoms with E-state index < -0.39 is 0 Å². The van der Waals surface area contributed by atoms with E-state index in [1.165, 1.54) is 0 Å². The van der Waals surface area contributed by atoms with Crippen LogP contribution >= 0.6 is 0 Å². The summed E-state index contributed by atoms with van der Waals surface area (Å²) in [4.78, 5) is 7.37. The third-order valence-electron chi connectivity index (χ3n) is 1.80. The van der Waals surface area contributed by atoms with Crippen molar-refractivity contribution in [2.45, 2.75) is 6.42 Å². The van der Waals surface area contributed by atoms with Gasteiger partial charge >= 0.3 is 0 Å². The number of fused-ring (bicyclic) bond motifs is 1. The van der Waals surface area contributed by atoms with Crippen LogP contribution in [0.25, 0.3) is 11.0 Å². The average molecular weight is 174 g/mol. The minimum atomic E-state index is 0.124. The number of para-hydroxylation sites is 2. The molecule has 2 rings (SSSR count). The number of aromatic nitrogens is 2. The third kappa shape index (κ3) is 1.51. The minimum Gasteiger partial charge on any atom is -0.387 e. The molecule has 0 saturated heterocycles. The Bertz CT molecular complexity index is 411. The molecule has 0 fully saturated rings. The van der Waals surface area contributed by atoms with Crippen LogP contribution < -0.4 is 5.73 Å². The lowest BCUT2D eigenvalue weighted by Gasteiger charge is -1.90. The van der Waals surface area contributed by atoms with Crippen molar-refractivity contribution in [1.82, 2.24) is 9.97 Å². The van der Waals surface area contributed by atoms with Gasteiger partial charge in [0.15, 0.2) is 0 Å². The molecule has 4 N–H and O–H groups in total. The van der Waals surface area contributed by atoms with Gasteiger partial charge in [-0.25, -0.2) is 4.98 Å². The summed E-state index contributed by atoms with van der Waals surface area (Å²) in [6.45, 7) is 0. The maximum atomic E-state index is 7.12. The fourth-order valence-corrected chi connectivity index (χ4v) is 1.27. The Kier molecular flexibility index (Phi) is 1.73. The van der Waals surface area contributed by atoms with E-state index >= 15 is 0 Å². The van der Waals surface area contributed by atoms with Crippen LogP contribution in [-0.4, -0.2) is 15.8 Å². The number of H-pyrrole nitrogens is 1. The lowest BCUT2D eigenvalue weighted by atomic mass is 10.3. The topological polar surface area (TPSA) is 78.6 Å². The molecule has 0 aliphatic heterocycles. The Labute approximate surface area is 75.3 Å². The zero-order valence-electron chi connectivity index (χ0n) is 7.04. The van der Waals surface area contributed by atoms with Crippen LogP contribution in [-0.2, 0) is 6.42 Å². The first kappa shape index (κ1) is 7.79. The number of aromatic amines is 1. The third-order valence-corrected chi connectivity index (χ3v) is 1.80. The highest BCUT2D eigenvalue weighted by Crippen LogP contribution is 2.10. The van der Waals surface area contributed by atoms with Crippen LogP contribution in [0.2, 0.25) is 0 Å². The van der Waals surface area contributed by atoms with Gasteiger partial charge in [-0.1, -0.05) is 12.1 Å². The van der Waals surface area contributed by atoms with Crippen molar-refractivity contribution in [2.24, 2.45) is 5.73 Å². The Morgan fingerprint density at radius 2 is 2.23 bits per heavy atom. The van der Waals surface area contributed by atoms with Crippen molar-refractivity contribution in [3.8, 4) is 0 Å². The molecule has 4 heteroatoms. The van der Waals surface area contributed by atoms with Crippen LogP contribution in [0.3, 0.4) is 0 Å². The maximum Gasteiger partial charge on any atom is 0.114 e. The molecule has 13 heavy (non-hydrogen) atoms. The summed E-state index contributed by atoms with van der Waals surface area (Å²) >= 11 is 0. The molecule has 0 spiro atoms. The molecule has 0 amide bonds. The quantitative estimate of drug-likeness (QED) is 0.470. The van der Waals surface area contributed by atoms with E-state index in [9.17, 15) is 0 Å². The number of nitrogens with zero attached hydrogens (tertiary/aromatic N) is 1. The highest BCUT2D eigenvalue weighted by Gasteiger charge is 2.01. The highest BCUT2D eigenvalue weighted by molar-refractivity contribution is 5.81. The molecule has 1 aromatic heterocycles. The first-order chi connectivity index (χ1) is 6.25. The summed E-state index contributed by atoms with van der Waals surface area (Å²) in [6, 6.07) is 7.75. The van der Waals surface area contributed by atoms with E-state index in [0.29, 0.717) is 6.42 Å². The molecule has 0 bridgehead atoms. The van der Waals surface area contributed by atoms with Gasteiger partial charge in [-0.05, 0) is 12.1 Å². The standard InChI is InChI=1S/C9H10N4/c10-8(11)5-9-12-6-3-1-2-4-7(6)13-9/h1-4H,5H2,(H3,10,11)(H,12,13). The molecular formula is C9H10N4. The Hall–Kier alpha value is -1.84. The number of nitrogens with two attached hydrogens (primary N) is 1. The fourth-order valence-electron chi connectivity index (χ4n) is 1.27. The van der Waals surface area contributed by atoms with E-state index in [1.807, 2.05) is 24.3 Å². The lowest BCUT2D eigenvalue weighted by Crippen LogP contribution is -2.13. The number of benzene rings is 1. The van der Waals surface area contributed by atoms with E-state index in [-0.39, 0.29) is 5.84 Å². The molecule has 0 unspecified atom stereocenters. The summed E-state index contributed by atoms with van der Waals surface area (Å²) in [5.41, 5.74) is 7.17. The number of hydrogen-bond donors (Lipinski definition) is 3. The summed E-state index contributed by atoms with van der Waals surface area (Å²) < 4.78 is 0. The number of rotatable bonds is 2. The molecule has 0 aliphatic rings. The zero-order chi connectivity index (χ0) is 9.26. The number of hydrogen-bond acceptors (Lipinski definition) is 2. The molecule has 0 radical (unpaired) electrons. The molecule has 66 valence electrons. The molecule has 1 heterocycles. The Morgan fingerprint density at radius 3 is 2.92 bits per heavy atom. The maximum absolute atomic E-state index is 7.12. The van der Waals surface area contributed by atoms with Gasteiger partial charge in [0.25, 0.3) is 0 Å². The van der Waals surface area contributed by atoms with Crippen molar-refractivity contribution in [3.05, 3.63) is 30.1 Å². The Balaban J connectivity index is 2.44. The van der Waals surface area contributed by atoms with Gasteiger partial charge in [-0.2, -0.15) is 0 Å². The molecule has 1 aromatic carbocycles. The molecule has 0 saturated carbocycles. The second kappa shape index (κ2) is 2.90. The van der Waals surface area contributed by atoms with Crippen LogP contribution in [0.4, 0.5) is 0 Å². The summed E-state index contributed by atoms with van der Waals surface area (Å²) in [6.07, 6.45) is 0.384. The monoisotopic (exact) mass is 174 g/mol. The van der Waals surface area contributed by atoms with Crippen LogP contribution in [0, 0.1) is 5.41 Å². The smallest absolute Gasteiger partial charge is 0.114 e. The van der Waals surface area contributed by atoms with E-state index in [2.05, 4.69) is 9.97 Å². The van der Waals surface area contributed by atoms with E-state index in [0.717, 1.165) is 16.9 Å². The predicted molar refractivity (Wildman–Crippen MR) is 51.7 cm³/mol. The molecule has 2 aromatic rings. The van der Waals surface area contributed by atoms with Gasteiger partial charge < -0.3 is 10.7 Å². The number of imidazole rings is 1. The summed E-state index contributed by atoms with van der Waals surface area (Å²) in [7, 11) is 0. The highest BCUT2D eigenvalue weighted by atomic mass is 14.9. The Morgan fingerprint density at radius 1 is 1.46 bits per heavy atom. The largest absolute Gasteiger partial charge is 0.387 e. The SMILES string of the molecule is N=C(N)Cc1nc2ccccc2[nH]1. The first-order valence-corrected chi connectivity index (χ1v) is 4.02. The second-order valence-corrected chi connectivity index (χ2v) is 2.90. The van der Waals surface area contributed by atoms with Crippen LogP contribution in [0.1, 0.15) is 5.82 Å². The van der Waals surface area contributed by atoms with Gasteiger partial charge in [-0.3, -0.25) is 5.41 Å². The van der Waals surface area contributed by atoms with Gasteiger partial charge in [0, 0.05) is 0 Å². The number of nitrogens with one attached hydrogen (secondary N) is 2. The number of amidine groups is 1. The molecular weight excluding hydrogens is 164 g/mol. The van der Waals surface area contributed by atoms with Crippen molar-refractivity contribution in [1.29, 1.82) is 5.41 Å². The van der Waals surface area contributed by atoms with E-state index in [1.54, 1.807) is 0 Å². The fraction of sp³-hybridized carbons (Fsp3) is 0.111. The van der Waals surface area contributed by atoms with Crippen molar-refractivity contribution < 1.29 is 0 Å². The van der Waals surface area contributed by atoms with Gasteiger partial charge in [0.05, 0.1) is 23.3 Å². The van der Waals surface area contributed by atoms with Crippen LogP contribution in [0.15, 0.2) is 24.3 Å². The molecule has 4 nitrogen and oxygen atoms in total. The van der Waals surface area contributed by atoms with Crippen molar-refractivity contribution >= 4 is 16.9 Å². The summed E-state index contributed by atoms with van der Waals surface area (Å²) in [5, 5.41) is 7.12. The molecule has 0 atom stereocenters. The lowest BCUT2D eigenvalue weighted by molar-refractivity contribution is 1.08. The van der Waals surface area contributed by atoms with Gasteiger partial charge in [0.2, 0.25) is 0 Å². The van der Waals surface area contributed by atoms with E-state index in [4.69, 9.17) is 11.1 Å². The average Bonchev–Trinajstić information content (AvgIpc) is 2.44. The summed E-state index contributed by atoms with van der Waals surface area (Å²) in [5.74, 6) is 0.868. The van der Waals surface area contributed by atoms with Crippen molar-refractivity contribution in [2.75, 3.05) is 0 Å². The van der Waals surface area contributed by atoms with Gasteiger partial charge in [-0.15, -0.1) is 0 Å². The van der Waals surface area contributed by atoms with Crippen molar-refractivity contribution in [3.63, 3.8) is 0 Å². The minimum absolute atomic E-state index is 0.124. The first-order valence-electron chi connectivity index (χ1n) is 4.02. The predicted octanol–water partition coefficient (Wildman–Crippen LogP) is 1.04. The second-order valence-electron chi connectivity index (χ2n) is 2.90. The van der Waals surface area contributed by atoms with Gasteiger partial charge in [0.1, 0.15) is 5.82 Å². The molecule has 0 aliphatic carbocycles. The van der Waals surface area contributed by atoms with Crippen LogP contribution in [0.5, 0.6) is 0 Å².